The Labute approximate surface area is 162 Å². The molecule has 27 heavy (non-hydrogen) atoms. The molecule has 136 valence electrons. The number of aromatic nitrogens is 2. The third kappa shape index (κ3) is 2.86. The number of carbonyl (C=O) groups is 1. The molecule has 0 bridgehead atoms. The van der Waals surface area contributed by atoms with Crippen LogP contribution in [0.5, 0.6) is 0 Å². The lowest BCUT2D eigenvalue weighted by atomic mass is 9.73. The fraction of sp³-hybridized carbons (Fsp3) is 0.318. The Morgan fingerprint density at radius 3 is 2.67 bits per heavy atom. The Kier molecular flexibility index (Phi) is 3.86. The fourth-order valence-corrected chi connectivity index (χ4v) is 4.87. The monoisotopic (exact) mass is 375 g/mol. The van der Waals surface area contributed by atoms with Crippen LogP contribution in [0, 0.1) is 5.41 Å². The van der Waals surface area contributed by atoms with E-state index in [1.54, 1.807) is 5.51 Å². The normalized spacial score (nSPS) is 23.8. The van der Waals surface area contributed by atoms with Gasteiger partial charge in [-0.2, -0.15) is 0 Å². The van der Waals surface area contributed by atoms with Crippen molar-refractivity contribution in [3.63, 3.8) is 0 Å². The highest BCUT2D eigenvalue weighted by atomic mass is 32.1. The molecule has 1 aromatic heterocycles. The van der Waals surface area contributed by atoms with Gasteiger partial charge in [0.15, 0.2) is 0 Å². The van der Waals surface area contributed by atoms with E-state index in [0.717, 1.165) is 6.42 Å². The van der Waals surface area contributed by atoms with Gasteiger partial charge in [-0.25, -0.2) is 0 Å². The Morgan fingerprint density at radius 2 is 1.96 bits per heavy atom. The first-order valence-corrected chi connectivity index (χ1v) is 10.3. The molecule has 2 atom stereocenters. The summed E-state index contributed by atoms with van der Waals surface area (Å²) in [5.74, 6) is 0.756. The third-order valence-electron chi connectivity index (χ3n) is 5.96. The summed E-state index contributed by atoms with van der Waals surface area (Å²) in [6.07, 6.45) is 3.30. The van der Waals surface area contributed by atoms with Crippen LogP contribution in [0.3, 0.4) is 0 Å². The van der Waals surface area contributed by atoms with E-state index in [2.05, 4.69) is 64.9 Å². The van der Waals surface area contributed by atoms with Gasteiger partial charge in [0.2, 0.25) is 11.0 Å². The SMILES string of the molecule is CC1(C(=O)Nc2nncs2)Cc2ccc(C3CC3)cc2C1c1ccccc1. The molecule has 0 aliphatic heterocycles. The molecule has 1 N–H and O–H groups in total. The Bertz CT molecular complexity index is 982. The predicted molar refractivity (Wildman–Crippen MR) is 107 cm³/mol. The summed E-state index contributed by atoms with van der Waals surface area (Å²) in [6.45, 7) is 2.08. The van der Waals surface area contributed by atoms with Crippen molar-refractivity contribution in [3.8, 4) is 0 Å². The second kappa shape index (κ2) is 6.27. The number of amides is 1. The number of benzene rings is 2. The summed E-state index contributed by atoms with van der Waals surface area (Å²) in [6, 6.07) is 17.3. The van der Waals surface area contributed by atoms with Crippen molar-refractivity contribution in [2.24, 2.45) is 5.41 Å². The van der Waals surface area contributed by atoms with Gasteiger partial charge >= 0.3 is 0 Å². The number of anilines is 1. The van der Waals surface area contributed by atoms with E-state index in [9.17, 15) is 4.79 Å². The molecule has 4 nitrogen and oxygen atoms in total. The Morgan fingerprint density at radius 1 is 1.15 bits per heavy atom. The molecule has 1 saturated carbocycles. The smallest absolute Gasteiger partial charge is 0.233 e. The average Bonchev–Trinajstić information content (AvgIpc) is 3.32. The zero-order valence-corrected chi connectivity index (χ0v) is 16.0. The van der Waals surface area contributed by atoms with Crippen LogP contribution in [0.1, 0.15) is 53.9 Å². The van der Waals surface area contributed by atoms with Crippen molar-refractivity contribution in [1.29, 1.82) is 0 Å². The third-order valence-corrected chi connectivity index (χ3v) is 6.56. The lowest BCUT2D eigenvalue weighted by Gasteiger charge is -2.31. The van der Waals surface area contributed by atoms with E-state index in [1.807, 2.05) is 6.07 Å². The highest BCUT2D eigenvalue weighted by Crippen LogP contribution is 2.53. The molecule has 5 rings (SSSR count). The molecule has 2 aliphatic carbocycles. The molecule has 0 radical (unpaired) electrons. The van der Waals surface area contributed by atoms with Gasteiger partial charge in [-0.3, -0.25) is 4.79 Å². The zero-order chi connectivity index (χ0) is 18.4. The van der Waals surface area contributed by atoms with Crippen LogP contribution >= 0.6 is 11.3 Å². The van der Waals surface area contributed by atoms with Crippen molar-refractivity contribution in [2.45, 2.75) is 38.0 Å². The van der Waals surface area contributed by atoms with Crippen LogP contribution in [-0.2, 0) is 11.2 Å². The molecule has 3 aromatic rings. The molecule has 0 spiro atoms. The topological polar surface area (TPSA) is 54.9 Å². The highest BCUT2D eigenvalue weighted by molar-refractivity contribution is 7.13. The first kappa shape index (κ1) is 16.6. The van der Waals surface area contributed by atoms with Gasteiger partial charge in [0, 0.05) is 5.92 Å². The predicted octanol–water partition coefficient (Wildman–Crippen LogP) is 4.75. The molecule has 2 unspecified atom stereocenters. The number of hydrogen-bond donors (Lipinski definition) is 1. The molecular weight excluding hydrogens is 354 g/mol. The number of hydrogen-bond acceptors (Lipinski definition) is 4. The Balaban J connectivity index is 1.58. The molecule has 2 aromatic carbocycles. The van der Waals surface area contributed by atoms with Crippen molar-refractivity contribution in [1.82, 2.24) is 10.2 Å². The zero-order valence-electron chi connectivity index (χ0n) is 15.2. The molecular formula is C22H21N3OS. The van der Waals surface area contributed by atoms with E-state index in [-0.39, 0.29) is 11.8 Å². The maximum absolute atomic E-state index is 13.3. The quantitative estimate of drug-likeness (QED) is 0.716. The maximum Gasteiger partial charge on any atom is 0.233 e. The summed E-state index contributed by atoms with van der Waals surface area (Å²) >= 11 is 1.35. The van der Waals surface area contributed by atoms with Crippen molar-refractivity contribution >= 4 is 22.4 Å². The molecule has 1 fully saturated rings. The van der Waals surface area contributed by atoms with Gasteiger partial charge < -0.3 is 5.32 Å². The van der Waals surface area contributed by atoms with Crippen molar-refractivity contribution < 1.29 is 4.79 Å². The van der Waals surface area contributed by atoms with Gasteiger partial charge in [-0.05, 0) is 54.4 Å². The van der Waals surface area contributed by atoms with Gasteiger partial charge in [-0.15, -0.1) is 10.2 Å². The maximum atomic E-state index is 13.3. The summed E-state index contributed by atoms with van der Waals surface area (Å²) < 4.78 is 0. The molecule has 1 amide bonds. The van der Waals surface area contributed by atoms with Crippen LogP contribution < -0.4 is 5.32 Å². The average molecular weight is 375 g/mol. The number of fused-ring (bicyclic) bond motifs is 1. The summed E-state index contributed by atoms with van der Waals surface area (Å²) in [5, 5.41) is 11.4. The van der Waals surface area contributed by atoms with E-state index in [4.69, 9.17) is 0 Å². The number of nitrogens with zero attached hydrogens (tertiary/aromatic N) is 2. The van der Waals surface area contributed by atoms with Crippen molar-refractivity contribution in [3.05, 3.63) is 76.3 Å². The summed E-state index contributed by atoms with van der Waals surface area (Å²) in [7, 11) is 0. The standard InChI is InChI=1S/C22H21N3OS/c1-22(20(26)24-21-25-23-13-27-21)12-17-10-9-16(14-7-8-14)11-18(17)19(22)15-5-3-2-4-6-15/h2-6,9-11,13-14,19H,7-8,12H2,1H3,(H,24,25,26). The first-order chi connectivity index (χ1) is 13.1. The fourth-order valence-electron chi connectivity index (χ4n) is 4.43. The molecule has 5 heteroatoms. The minimum atomic E-state index is -0.558. The lowest BCUT2D eigenvalue weighted by Crippen LogP contribution is -2.37. The summed E-state index contributed by atoms with van der Waals surface area (Å²) in [5.41, 5.74) is 6.28. The van der Waals surface area contributed by atoms with E-state index in [0.29, 0.717) is 11.0 Å². The van der Waals surface area contributed by atoms with E-state index in [1.165, 1.54) is 46.4 Å². The molecule has 2 aliphatic rings. The van der Waals surface area contributed by atoms with E-state index < -0.39 is 5.41 Å². The van der Waals surface area contributed by atoms with Crippen LogP contribution in [-0.4, -0.2) is 16.1 Å². The van der Waals surface area contributed by atoms with Gasteiger partial charge in [-0.1, -0.05) is 59.9 Å². The van der Waals surface area contributed by atoms with Crippen LogP contribution in [0.2, 0.25) is 0 Å². The van der Waals surface area contributed by atoms with Crippen molar-refractivity contribution in [2.75, 3.05) is 5.32 Å². The van der Waals surface area contributed by atoms with Gasteiger partial charge in [0.1, 0.15) is 5.51 Å². The molecule has 1 heterocycles. The van der Waals surface area contributed by atoms with Gasteiger partial charge in [0.05, 0.1) is 5.41 Å². The second-order valence-electron chi connectivity index (χ2n) is 7.87. The number of nitrogens with one attached hydrogen (secondary N) is 1. The van der Waals surface area contributed by atoms with Crippen LogP contribution in [0.25, 0.3) is 0 Å². The first-order valence-electron chi connectivity index (χ1n) is 9.40. The number of rotatable bonds is 4. The number of carbonyl (C=O) groups excluding carboxylic acids is 1. The largest absolute Gasteiger partial charge is 0.300 e. The minimum absolute atomic E-state index is 0.0114. The lowest BCUT2D eigenvalue weighted by molar-refractivity contribution is -0.125. The summed E-state index contributed by atoms with van der Waals surface area (Å²) in [4.78, 5) is 13.3. The highest BCUT2D eigenvalue weighted by Gasteiger charge is 2.49. The van der Waals surface area contributed by atoms with Crippen LogP contribution in [0.4, 0.5) is 5.13 Å². The second-order valence-corrected chi connectivity index (χ2v) is 8.70. The Hall–Kier alpha value is -2.53. The van der Waals surface area contributed by atoms with Crippen LogP contribution in [0.15, 0.2) is 54.0 Å². The molecule has 0 saturated heterocycles. The minimum Gasteiger partial charge on any atom is -0.300 e. The van der Waals surface area contributed by atoms with Gasteiger partial charge in [0.25, 0.3) is 0 Å². The van der Waals surface area contributed by atoms with E-state index >= 15 is 0 Å².